The number of aryl methyl sites for hydroxylation is 1. The lowest BCUT2D eigenvalue weighted by Crippen LogP contribution is -2.14. The van der Waals surface area contributed by atoms with Gasteiger partial charge in [-0.05, 0) is 31.2 Å². The third-order valence-electron chi connectivity index (χ3n) is 2.17. The van der Waals surface area contributed by atoms with Crippen molar-refractivity contribution < 1.29 is 4.79 Å². The molecule has 0 saturated carbocycles. The van der Waals surface area contributed by atoms with Crippen molar-refractivity contribution in [3.63, 3.8) is 0 Å². The van der Waals surface area contributed by atoms with E-state index in [-0.39, 0.29) is 17.0 Å². The van der Waals surface area contributed by atoms with Gasteiger partial charge in [0.1, 0.15) is 5.15 Å². The third kappa shape index (κ3) is 3.89. The molecule has 0 unspecified atom stereocenters. The summed E-state index contributed by atoms with van der Waals surface area (Å²) in [5.74, 6) is -0.198. The van der Waals surface area contributed by atoms with E-state index in [1.807, 2.05) is 0 Å². The largest absolute Gasteiger partial charge is 0.290 e. The quantitative estimate of drug-likeness (QED) is 0.820. The fourth-order valence-electron chi connectivity index (χ4n) is 1.44. The first-order valence-electron chi connectivity index (χ1n) is 5.22. The molecule has 1 aromatic carbocycles. The van der Waals surface area contributed by atoms with Gasteiger partial charge in [0.2, 0.25) is 5.95 Å². The summed E-state index contributed by atoms with van der Waals surface area (Å²) in [7, 11) is 0. The van der Waals surface area contributed by atoms with Gasteiger partial charge in [-0.25, -0.2) is 9.97 Å². The zero-order valence-electron chi connectivity index (χ0n) is 9.75. The summed E-state index contributed by atoms with van der Waals surface area (Å²) in [6.45, 7) is 1.76. The van der Waals surface area contributed by atoms with Crippen molar-refractivity contribution >= 4 is 51.0 Å². The summed E-state index contributed by atoms with van der Waals surface area (Å²) in [5, 5.41) is 3.30. The number of nitrogens with zero attached hydrogens (tertiary/aromatic N) is 2. The Balaban J connectivity index is 2.25. The molecule has 0 bridgehead atoms. The van der Waals surface area contributed by atoms with E-state index in [4.69, 9.17) is 23.2 Å². The fourth-order valence-corrected chi connectivity index (χ4v) is 2.54. The summed E-state index contributed by atoms with van der Waals surface area (Å²) in [5.41, 5.74) is 1.07. The van der Waals surface area contributed by atoms with Crippen molar-refractivity contribution in [1.82, 2.24) is 9.97 Å². The van der Waals surface area contributed by atoms with Crippen molar-refractivity contribution in [2.75, 3.05) is 5.32 Å². The smallest absolute Gasteiger partial charge is 0.258 e. The standard InChI is InChI=1S/C12H8BrCl2N3O/c1-6-2-10(15)17-12(16-6)18-11(19)7-3-8(13)5-9(14)4-7/h2-5H,1H3,(H,16,17,18,19). The third-order valence-corrected chi connectivity index (χ3v) is 3.04. The summed E-state index contributed by atoms with van der Waals surface area (Å²) in [6, 6.07) is 6.50. The van der Waals surface area contributed by atoms with Crippen LogP contribution in [-0.4, -0.2) is 15.9 Å². The number of carbonyl (C=O) groups is 1. The molecule has 0 radical (unpaired) electrons. The Morgan fingerprint density at radius 3 is 2.58 bits per heavy atom. The number of carbonyl (C=O) groups excluding carboxylic acids is 1. The summed E-state index contributed by atoms with van der Waals surface area (Å²) in [6.07, 6.45) is 0. The normalized spacial score (nSPS) is 10.3. The molecule has 2 aromatic rings. The van der Waals surface area contributed by atoms with Crippen molar-refractivity contribution in [3.8, 4) is 0 Å². The second kappa shape index (κ2) is 5.86. The van der Waals surface area contributed by atoms with Gasteiger partial charge in [0, 0.05) is 20.8 Å². The Morgan fingerprint density at radius 2 is 1.95 bits per heavy atom. The number of amides is 1. The van der Waals surface area contributed by atoms with Crippen LogP contribution in [0.15, 0.2) is 28.7 Å². The fraction of sp³-hybridized carbons (Fsp3) is 0.0833. The van der Waals surface area contributed by atoms with E-state index in [1.165, 1.54) is 0 Å². The predicted octanol–water partition coefficient (Wildman–Crippen LogP) is 4.11. The van der Waals surface area contributed by atoms with Gasteiger partial charge >= 0.3 is 0 Å². The van der Waals surface area contributed by atoms with Crippen LogP contribution in [0.5, 0.6) is 0 Å². The molecule has 0 aliphatic carbocycles. The van der Waals surface area contributed by atoms with Gasteiger partial charge in [0.25, 0.3) is 5.91 Å². The second-order valence-electron chi connectivity index (χ2n) is 3.77. The molecule has 19 heavy (non-hydrogen) atoms. The van der Waals surface area contributed by atoms with Crippen LogP contribution in [0.25, 0.3) is 0 Å². The second-order valence-corrected chi connectivity index (χ2v) is 5.51. The molecule has 0 spiro atoms. The number of rotatable bonds is 2. The first kappa shape index (κ1) is 14.2. The van der Waals surface area contributed by atoms with Crippen LogP contribution in [-0.2, 0) is 0 Å². The molecule has 0 atom stereocenters. The van der Waals surface area contributed by atoms with E-state index in [1.54, 1.807) is 31.2 Å². The maximum Gasteiger partial charge on any atom is 0.258 e. The molecular formula is C12H8BrCl2N3O. The molecule has 0 aliphatic heterocycles. The summed E-state index contributed by atoms with van der Waals surface area (Å²) < 4.78 is 0.716. The molecule has 1 heterocycles. The van der Waals surface area contributed by atoms with Crippen LogP contribution in [0.1, 0.15) is 16.1 Å². The average molecular weight is 361 g/mol. The maximum absolute atomic E-state index is 12.0. The lowest BCUT2D eigenvalue weighted by molar-refractivity contribution is 0.102. The molecule has 0 saturated heterocycles. The Bertz CT molecular complexity index is 608. The van der Waals surface area contributed by atoms with Crippen LogP contribution in [0.4, 0.5) is 5.95 Å². The number of aromatic nitrogens is 2. The molecular weight excluding hydrogens is 353 g/mol. The first-order chi connectivity index (χ1) is 8.94. The van der Waals surface area contributed by atoms with Gasteiger partial charge in [-0.1, -0.05) is 39.1 Å². The molecule has 0 fully saturated rings. The number of halogens is 3. The van der Waals surface area contributed by atoms with E-state index in [2.05, 4.69) is 31.2 Å². The molecule has 1 amide bonds. The number of anilines is 1. The molecule has 1 aromatic heterocycles. The molecule has 0 aliphatic rings. The maximum atomic E-state index is 12.0. The van der Waals surface area contributed by atoms with Gasteiger partial charge in [-0.2, -0.15) is 0 Å². The first-order valence-corrected chi connectivity index (χ1v) is 6.77. The van der Waals surface area contributed by atoms with Crippen LogP contribution in [0.2, 0.25) is 10.2 Å². The van der Waals surface area contributed by atoms with E-state index in [0.29, 0.717) is 20.8 Å². The molecule has 1 N–H and O–H groups in total. The zero-order valence-corrected chi connectivity index (χ0v) is 12.8. The van der Waals surface area contributed by atoms with E-state index < -0.39 is 0 Å². The number of benzene rings is 1. The van der Waals surface area contributed by atoms with Gasteiger partial charge in [-0.15, -0.1) is 0 Å². The monoisotopic (exact) mass is 359 g/mol. The molecule has 4 nitrogen and oxygen atoms in total. The van der Waals surface area contributed by atoms with Crippen molar-refractivity contribution in [2.24, 2.45) is 0 Å². The number of nitrogens with one attached hydrogen (secondary N) is 1. The Labute approximate surface area is 128 Å². The van der Waals surface area contributed by atoms with Crippen LogP contribution >= 0.6 is 39.1 Å². The lowest BCUT2D eigenvalue weighted by Gasteiger charge is -2.06. The van der Waals surface area contributed by atoms with E-state index in [9.17, 15) is 4.79 Å². The van der Waals surface area contributed by atoms with E-state index >= 15 is 0 Å². The highest BCUT2D eigenvalue weighted by atomic mass is 79.9. The van der Waals surface area contributed by atoms with Crippen molar-refractivity contribution in [1.29, 1.82) is 0 Å². The van der Waals surface area contributed by atoms with Crippen LogP contribution in [0, 0.1) is 6.92 Å². The minimum Gasteiger partial charge on any atom is -0.290 e. The topological polar surface area (TPSA) is 54.9 Å². The highest BCUT2D eigenvalue weighted by Gasteiger charge is 2.10. The molecule has 98 valence electrons. The zero-order chi connectivity index (χ0) is 14.0. The van der Waals surface area contributed by atoms with Crippen LogP contribution < -0.4 is 5.32 Å². The van der Waals surface area contributed by atoms with Gasteiger partial charge in [0.15, 0.2) is 0 Å². The minimum absolute atomic E-state index is 0.158. The van der Waals surface area contributed by atoms with Gasteiger partial charge in [0.05, 0.1) is 0 Å². The molecule has 7 heteroatoms. The van der Waals surface area contributed by atoms with Crippen LogP contribution in [0.3, 0.4) is 0 Å². The van der Waals surface area contributed by atoms with Gasteiger partial charge < -0.3 is 0 Å². The lowest BCUT2D eigenvalue weighted by atomic mass is 10.2. The van der Waals surface area contributed by atoms with Gasteiger partial charge in [-0.3, -0.25) is 10.1 Å². The highest BCUT2D eigenvalue weighted by Crippen LogP contribution is 2.20. The van der Waals surface area contributed by atoms with E-state index in [0.717, 1.165) is 0 Å². The Kier molecular flexibility index (Phi) is 4.39. The number of hydrogen-bond donors (Lipinski definition) is 1. The minimum atomic E-state index is -0.357. The molecule has 2 rings (SSSR count). The Morgan fingerprint density at radius 1 is 1.21 bits per heavy atom. The highest BCUT2D eigenvalue weighted by molar-refractivity contribution is 9.10. The summed E-state index contributed by atoms with van der Waals surface area (Å²) in [4.78, 5) is 20.0. The Hall–Kier alpha value is -1.17. The SMILES string of the molecule is Cc1cc(Cl)nc(NC(=O)c2cc(Cl)cc(Br)c2)n1. The summed E-state index contributed by atoms with van der Waals surface area (Å²) >= 11 is 15.0. The predicted molar refractivity (Wildman–Crippen MR) is 78.9 cm³/mol. The van der Waals surface area contributed by atoms with Crippen molar-refractivity contribution in [3.05, 3.63) is 50.2 Å². The average Bonchev–Trinajstić information content (AvgIpc) is 2.25. The number of hydrogen-bond acceptors (Lipinski definition) is 3. The van der Waals surface area contributed by atoms with Crippen molar-refractivity contribution in [2.45, 2.75) is 6.92 Å².